The maximum atomic E-state index is 14.5. The summed E-state index contributed by atoms with van der Waals surface area (Å²) in [7, 11) is 0. The van der Waals surface area contributed by atoms with Crippen molar-refractivity contribution >= 4 is 21.8 Å². The number of nitrogens with one attached hydrogen (secondary N) is 2. The van der Waals surface area contributed by atoms with Crippen LogP contribution in [0.5, 0.6) is 0 Å². The van der Waals surface area contributed by atoms with Crippen molar-refractivity contribution in [2.75, 3.05) is 0 Å². The number of aromatic amines is 2. The van der Waals surface area contributed by atoms with E-state index in [4.69, 9.17) is 0 Å². The summed E-state index contributed by atoms with van der Waals surface area (Å²) >= 11 is 0. The highest BCUT2D eigenvalue weighted by Gasteiger charge is 2.11. The van der Waals surface area contributed by atoms with E-state index >= 15 is 0 Å². The van der Waals surface area contributed by atoms with Gasteiger partial charge in [0.2, 0.25) is 0 Å². The largest absolute Gasteiger partial charge is 0.345 e. The van der Waals surface area contributed by atoms with E-state index in [-0.39, 0.29) is 11.4 Å². The summed E-state index contributed by atoms with van der Waals surface area (Å²) in [5.74, 6) is -0.294. The van der Waals surface area contributed by atoms with Crippen molar-refractivity contribution in [1.82, 2.24) is 20.2 Å². The minimum absolute atomic E-state index is 0.216. The molecule has 0 fully saturated rings. The van der Waals surface area contributed by atoms with E-state index in [0.29, 0.717) is 17.4 Å². The zero-order chi connectivity index (χ0) is 19.1. The van der Waals surface area contributed by atoms with Crippen LogP contribution in [0, 0.1) is 5.82 Å². The van der Waals surface area contributed by atoms with Crippen LogP contribution in [0.15, 0.2) is 71.8 Å². The van der Waals surface area contributed by atoms with Crippen molar-refractivity contribution in [3.63, 3.8) is 0 Å². The summed E-state index contributed by atoms with van der Waals surface area (Å²) in [4.78, 5) is 19.3. The Kier molecular flexibility index (Phi) is 3.76. The molecular weight excluding hydrogens is 355 g/mol. The molecule has 0 spiro atoms. The third-order valence-corrected chi connectivity index (χ3v) is 4.91. The van der Waals surface area contributed by atoms with Crippen LogP contribution in [0.25, 0.3) is 32.9 Å². The summed E-state index contributed by atoms with van der Waals surface area (Å²) in [6.45, 7) is 0. The molecule has 0 aliphatic carbocycles. The standard InChI is InChI=1S/C22H15FN4O/c23-18-7-5-13(9-17(18)14-6-8-19-21(11-14)25-12-24-19)10-20-15-3-1-2-4-16(15)22(28)27-26-20/h1-9,11-12H,10H2,(H,24,25)(H,27,28). The first-order valence-electron chi connectivity index (χ1n) is 8.87. The minimum Gasteiger partial charge on any atom is -0.345 e. The van der Waals surface area contributed by atoms with Crippen molar-refractivity contribution in [3.05, 3.63) is 94.4 Å². The van der Waals surface area contributed by atoms with E-state index in [1.54, 1.807) is 18.5 Å². The molecule has 0 aliphatic rings. The number of halogens is 1. The molecule has 2 aromatic heterocycles. The number of fused-ring (bicyclic) bond motifs is 2. The van der Waals surface area contributed by atoms with Crippen LogP contribution < -0.4 is 5.56 Å². The Morgan fingerprint density at radius 1 is 0.964 bits per heavy atom. The second-order valence-electron chi connectivity index (χ2n) is 6.67. The van der Waals surface area contributed by atoms with E-state index < -0.39 is 0 Å². The molecule has 0 saturated carbocycles. The van der Waals surface area contributed by atoms with Crippen LogP contribution in [0.1, 0.15) is 11.3 Å². The van der Waals surface area contributed by atoms with Crippen molar-refractivity contribution in [2.24, 2.45) is 0 Å². The molecule has 6 heteroatoms. The maximum absolute atomic E-state index is 14.5. The van der Waals surface area contributed by atoms with E-state index in [9.17, 15) is 9.18 Å². The lowest BCUT2D eigenvalue weighted by Crippen LogP contribution is -2.11. The van der Waals surface area contributed by atoms with Crippen LogP contribution in [0.3, 0.4) is 0 Å². The van der Waals surface area contributed by atoms with E-state index in [1.165, 1.54) is 6.07 Å². The summed E-state index contributed by atoms with van der Waals surface area (Å²) in [6, 6.07) is 18.0. The molecule has 0 atom stereocenters. The first kappa shape index (κ1) is 16.4. The van der Waals surface area contributed by atoms with Crippen LogP contribution in [-0.2, 0) is 6.42 Å². The van der Waals surface area contributed by atoms with Crippen LogP contribution in [0.2, 0.25) is 0 Å². The van der Waals surface area contributed by atoms with Gasteiger partial charge in [0.15, 0.2) is 0 Å². The molecule has 0 radical (unpaired) electrons. The van der Waals surface area contributed by atoms with Gasteiger partial charge in [-0.1, -0.05) is 30.3 Å². The van der Waals surface area contributed by atoms with Crippen molar-refractivity contribution in [3.8, 4) is 11.1 Å². The lowest BCUT2D eigenvalue weighted by Gasteiger charge is -2.09. The van der Waals surface area contributed by atoms with Gasteiger partial charge in [0, 0.05) is 17.4 Å². The van der Waals surface area contributed by atoms with Gasteiger partial charge in [0.1, 0.15) is 5.82 Å². The Morgan fingerprint density at radius 3 is 2.71 bits per heavy atom. The van der Waals surface area contributed by atoms with Gasteiger partial charge in [-0.25, -0.2) is 14.5 Å². The van der Waals surface area contributed by atoms with Gasteiger partial charge < -0.3 is 4.98 Å². The highest BCUT2D eigenvalue weighted by atomic mass is 19.1. The molecule has 0 unspecified atom stereocenters. The fraction of sp³-hybridized carbons (Fsp3) is 0.0455. The number of rotatable bonds is 3. The molecule has 0 aliphatic heterocycles. The quantitative estimate of drug-likeness (QED) is 0.500. The van der Waals surface area contributed by atoms with Crippen LogP contribution in [-0.4, -0.2) is 20.2 Å². The third-order valence-electron chi connectivity index (χ3n) is 4.91. The summed E-state index contributed by atoms with van der Waals surface area (Å²) < 4.78 is 14.5. The smallest absolute Gasteiger partial charge is 0.272 e. The van der Waals surface area contributed by atoms with E-state index in [1.807, 2.05) is 42.5 Å². The molecule has 0 saturated heterocycles. The molecule has 5 aromatic rings. The Hall–Kier alpha value is -3.80. The van der Waals surface area contributed by atoms with Crippen molar-refractivity contribution < 1.29 is 4.39 Å². The lowest BCUT2D eigenvalue weighted by molar-refractivity contribution is 0.630. The second kappa shape index (κ2) is 6.42. The number of hydrogen-bond acceptors (Lipinski definition) is 3. The number of H-pyrrole nitrogens is 2. The highest BCUT2D eigenvalue weighted by molar-refractivity contribution is 5.84. The first-order valence-corrected chi connectivity index (χ1v) is 8.87. The average Bonchev–Trinajstić information content (AvgIpc) is 3.19. The van der Waals surface area contributed by atoms with Crippen LogP contribution in [0.4, 0.5) is 4.39 Å². The van der Waals surface area contributed by atoms with Gasteiger partial charge >= 0.3 is 0 Å². The monoisotopic (exact) mass is 370 g/mol. The molecule has 28 heavy (non-hydrogen) atoms. The molecule has 3 aromatic carbocycles. The maximum Gasteiger partial charge on any atom is 0.272 e. The Morgan fingerprint density at radius 2 is 1.82 bits per heavy atom. The fourth-order valence-corrected chi connectivity index (χ4v) is 3.50. The summed E-state index contributed by atoms with van der Waals surface area (Å²) in [5, 5.41) is 8.16. The second-order valence-corrected chi connectivity index (χ2v) is 6.67. The van der Waals surface area contributed by atoms with E-state index in [2.05, 4.69) is 20.2 Å². The van der Waals surface area contributed by atoms with Gasteiger partial charge in [-0.05, 0) is 41.5 Å². The van der Waals surface area contributed by atoms with Gasteiger partial charge in [-0.15, -0.1) is 0 Å². The third kappa shape index (κ3) is 2.75. The topological polar surface area (TPSA) is 74.4 Å². The minimum atomic E-state index is -0.294. The van der Waals surface area contributed by atoms with Gasteiger partial charge in [0.25, 0.3) is 5.56 Å². The fourth-order valence-electron chi connectivity index (χ4n) is 3.50. The normalized spacial score (nSPS) is 11.3. The molecular formula is C22H15FN4O. The molecule has 5 nitrogen and oxygen atoms in total. The molecule has 2 heterocycles. The Labute approximate surface area is 158 Å². The number of imidazole rings is 1. The van der Waals surface area contributed by atoms with Gasteiger partial charge in [-0.3, -0.25) is 4.79 Å². The van der Waals surface area contributed by atoms with E-state index in [0.717, 1.165) is 33.2 Å². The molecule has 0 amide bonds. The van der Waals surface area contributed by atoms with Crippen LogP contribution >= 0.6 is 0 Å². The lowest BCUT2D eigenvalue weighted by atomic mass is 9.98. The molecule has 5 rings (SSSR count). The Balaban J connectivity index is 1.58. The zero-order valence-electron chi connectivity index (χ0n) is 14.7. The number of benzene rings is 3. The predicted molar refractivity (Wildman–Crippen MR) is 107 cm³/mol. The number of nitrogens with zero attached hydrogens (tertiary/aromatic N) is 2. The average molecular weight is 370 g/mol. The highest BCUT2D eigenvalue weighted by Crippen LogP contribution is 2.27. The summed E-state index contributed by atoms with van der Waals surface area (Å²) in [5.41, 5.74) is 4.40. The zero-order valence-corrected chi connectivity index (χ0v) is 14.7. The summed E-state index contributed by atoms with van der Waals surface area (Å²) in [6.07, 6.45) is 2.10. The molecule has 136 valence electrons. The molecule has 0 bridgehead atoms. The molecule has 2 N–H and O–H groups in total. The van der Waals surface area contributed by atoms with Gasteiger partial charge in [0.05, 0.1) is 28.4 Å². The number of aromatic nitrogens is 4. The first-order chi connectivity index (χ1) is 13.7. The predicted octanol–water partition coefficient (Wildman–Crippen LogP) is 4.20. The van der Waals surface area contributed by atoms with Crippen molar-refractivity contribution in [2.45, 2.75) is 6.42 Å². The van der Waals surface area contributed by atoms with Crippen molar-refractivity contribution in [1.29, 1.82) is 0 Å². The Bertz CT molecular complexity index is 1390. The number of hydrogen-bond donors (Lipinski definition) is 2. The SMILES string of the molecule is O=c1[nH]nc(Cc2ccc(F)c(-c3ccc4[nH]cnc4c3)c2)c2ccccc12. The van der Waals surface area contributed by atoms with Gasteiger partial charge in [-0.2, -0.15) is 5.10 Å².